The molecule has 2 saturated heterocycles. The molecular formula is C20H27FN2O2. The molecule has 136 valence electrons. The summed E-state index contributed by atoms with van der Waals surface area (Å²) in [5.41, 5.74) is 0.523. The largest absolute Gasteiger partial charge is 0.370 e. The predicted octanol–water partition coefficient (Wildman–Crippen LogP) is 3.35. The number of halogens is 1. The number of para-hydroxylation sites is 1. The van der Waals surface area contributed by atoms with Crippen LogP contribution in [0.4, 0.5) is 10.1 Å². The molecule has 0 unspecified atom stereocenters. The number of benzene rings is 1. The number of anilines is 1. The zero-order valence-corrected chi connectivity index (χ0v) is 14.9. The van der Waals surface area contributed by atoms with Gasteiger partial charge in [0.1, 0.15) is 5.82 Å². The Morgan fingerprint density at radius 1 is 1.24 bits per heavy atom. The summed E-state index contributed by atoms with van der Waals surface area (Å²) in [6, 6.07) is 6.34. The van der Waals surface area contributed by atoms with E-state index in [0.717, 1.165) is 25.8 Å². The van der Waals surface area contributed by atoms with Crippen LogP contribution in [0.15, 0.2) is 24.3 Å². The van der Waals surface area contributed by atoms with E-state index in [-0.39, 0.29) is 29.5 Å². The summed E-state index contributed by atoms with van der Waals surface area (Å²) in [7, 11) is 2.00. The van der Waals surface area contributed by atoms with Crippen LogP contribution in [0.2, 0.25) is 0 Å². The van der Waals surface area contributed by atoms with Crippen LogP contribution in [0, 0.1) is 5.82 Å². The van der Waals surface area contributed by atoms with E-state index >= 15 is 0 Å². The number of nitrogens with zero attached hydrogens (tertiary/aromatic N) is 2. The Morgan fingerprint density at radius 2 is 2.00 bits per heavy atom. The fourth-order valence-corrected chi connectivity index (χ4v) is 4.84. The van der Waals surface area contributed by atoms with Crippen LogP contribution in [0.1, 0.15) is 44.9 Å². The lowest BCUT2D eigenvalue weighted by atomic mass is 9.98. The van der Waals surface area contributed by atoms with Gasteiger partial charge in [0.25, 0.3) is 0 Å². The molecule has 25 heavy (non-hydrogen) atoms. The van der Waals surface area contributed by atoms with Crippen molar-refractivity contribution in [2.75, 3.05) is 25.0 Å². The van der Waals surface area contributed by atoms with Crippen LogP contribution in [-0.4, -0.2) is 48.7 Å². The van der Waals surface area contributed by atoms with Gasteiger partial charge in [-0.1, -0.05) is 25.0 Å². The van der Waals surface area contributed by atoms with Crippen LogP contribution in [0.5, 0.6) is 0 Å². The van der Waals surface area contributed by atoms with E-state index < -0.39 is 0 Å². The third-order valence-electron chi connectivity index (χ3n) is 6.20. The minimum absolute atomic E-state index is 0.00109. The minimum Gasteiger partial charge on any atom is -0.370 e. The lowest BCUT2D eigenvalue weighted by Crippen LogP contribution is -2.43. The number of amides is 1. The highest BCUT2D eigenvalue weighted by molar-refractivity contribution is 5.99. The molecule has 1 saturated carbocycles. The van der Waals surface area contributed by atoms with Gasteiger partial charge in [-0.3, -0.25) is 9.69 Å². The maximum absolute atomic E-state index is 14.0. The van der Waals surface area contributed by atoms with Crippen LogP contribution in [0.25, 0.3) is 0 Å². The van der Waals surface area contributed by atoms with Crippen molar-refractivity contribution in [3.8, 4) is 0 Å². The van der Waals surface area contributed by atoms with Crippen LogP contribution in [0.3, 0.4) is 0 Å². The van der Waals surface area contributed by atoms with Crippen molar-refractivity contribution in [1.29, 1.82) is 0 Å². The lowest BCUT2D eigenvalue weighted by Gasteiger charge is -2.28. The second-order valence-corrected chi connectivity index (χ2v) is 7.85. The van der Waals surface area contributed by atoms with Crippen LogP contribution >= 0.6 is 0 Å². The Labute approximate surface area is 148 Å². The van der Waals surface area contributed by atoms with Crippen molar-refractivity contribution < 1.29 is 13.9 Å². The molecule has 3 aliphatic rings. The molecule has 0 bridgehead atoms. The first-order valence-corrected chi connectivity index (χ1v) is 9.52. The van der Waals surface area contributed by atoms with E-state index in [2.05, 4.69) is 4.90 Å². The van der Waals surface area contributed by atoms with E-state index in [1.165, 1.54) is 31.7 Å². The molecule has 1 aliphatic carbocycles. The summed E-state index contributed by atoms with van der Waals surface area (Å²) in [5, 5.41) is 0. The average Bonchev–Trinajstić information content (AvgIpc) is 3.31. The van der Waals surface area contributed by atoms with Crippen molar-refractivity contribution in [1.82, 2.24) is 4.90 Å². The third kappa shape index (κ3) is 3.20. The molecular weight excluding hydrogens is 319 g/mol. The third-order valence-corrected chi connectivity index (χ3v) is 6.20. The zero-order valence-electron chi connectivity index (χ0n) is 14.9. The second-order valence-electron chi connectivity index (χ2n) is 7.85. The summed E-state index contributed by atoms with van der Waals surface area (Å²) >= 11 is 0. The summed E-state index contributed by atoms with van der Waals surface area (Å²) in [6.45, 7) is 1.35. The fraction of sp³-hybridized carbons (Fsp3) is 0.650. The molecule has 0 N–H and O–H groups in total. The van der Waals surface area contributed by atoms with Gasteiger partial charge in [0.2, 0.25) is 5.91 Å². The standard InChI is InChI=1S/C20H27FN2O2/c1-22(14-15-8-12-20(25-15)10-4-5-11-20)18-9-13-23(19(18)24)17-7-3-2-6-16(17)21/h2-3,6-7,15,18H,4-5,8-14H2,1H3/t15-,18-/m0/s1. The molecule has 5 heteroatoms. The van der Waals surface area contributed by atoms with Gasteiger partial charge in [0.15, 0.2) is 0 Å². The van der Waals surface area contributed by atoms with E-state index in [1.54, 1.807) is 23.1 Å². The van der Waals surface area contributed by atoms with E-state index in [9.17, 15) is 9.18 Å². The lowest BCUT2D eigenvalue weighted by molar-refractivity contribution is -0.122. The quantitative estimate of drug-likeness (QED) is 0.838. The molecule has 1 amide bonds. The molecule has 1 aromatic carbocycles. The van der Waals surface area contributed by atoms with E-state index in [1.807, 2.05) is 7.05 Å². The number of hydrogen-bond acceptors (Lipinski definition) is 3. The number of carbonyl (C=O) groups is 1. The molecule has 2 heterocycles. The molecule has 1 aromatic rings. The first-order valence-electron chi connectivity index (χ1n) is 9.52. The maximum Gasteiger partial charge on any atom is 0.244 e. The molecule has 0 aromatic heterocycles. The van der Waals surface area contributed by atoms with Gasteiger partial charge in [-0.25, -0.2) is 4.39 Å². The Morgan fingerprint density at radius 3 is 2.76 bits per heavy atom. The number of likely N-dealkylation sites (N-methyl/N-ethyl adjacent to an activating group) is 1. The van der Waals surface area contributed by atoms with Crippen molar-refractivity contribution in [2.45, 2.75) is 62.7 Å². The van der Waals surface area contributed by atoms with Gasteiger partial charge in [-0.2, -0.15) is 0 Å². The summed E-state index contributed by atoms with van der Waals surface area (Å²) in [5.74, 6) is -0.331. The highest BCUT2D eigenvalue weighted by atomic mass is 19.1. The van der Waals surface area contributed by atoms with Crippen molar-refractivity contribution >= 4 is 11.6 Å². The van der Waals surface area contributed by atoms with Gasteiger partial charge < -0.3 is 9.64 Å². The predicted molar refractivity (Wildman–Crippen MR) is 95.1 cm³/mol. The smallest absolute Gasteiger partial charge is 0.244 e. The van der Waals surface area contributed by atoms with Gasteiger partial charge in [0, 0.05) is 13.1 Å². The summed E-state index contributed by atoms with van der Waals surface area (Å²) < 4.78 is 20.4. The second kappa shape index (κ2) is 6.69. The van der Waals surface area contributed by atoms with Crippen molar-refractivity contribution in [3.05, 3.63) is 30.1 Å². The topological polar surface area (TPSA) is 32.8 Å². The molecule has 1 spiro atoms. The van der Waals surface area contributed by atoms with E-state index in [4.69, 9.17) is 4.74 Å². The molecule has 2 aliphatic heterocycles. The van der Waals surface area contributed by atoms with Crippen molar-refractivity contribution in [2.24, 2.45) is 0 Å². The molecule has 2 atom stereocenters. The molecule has 0 radical (unpaired) electrons. The molecule has 3 fully saturated rings. The number of rotatable bonds is 4. The highest BCUT2D eigenvalue weighted by Gasteiger charge is 2.43. The fourth-order valence-electron chi connectivity index (χ4n) is 4.84. The summed E-state index contributed by atoms with van der Waals surface area (Å²) in [4.78, 5) is 16.5. The van der Waals surface area contributed by atoms with Crippen LogP contribution < -0.4 is 4.90 Å². The van der Waals surface area contributed by atoms with Gasteiger partial charge in [-0.05, 0) is 51.3 Å². The monoisotopic (exact) mass is 346 g/mol. The van der Waals surface area contributed by atoms with Gasteiger partial charge >= 0.3 is 0 Å². The number of hydrogen-bond donors (Lipinski definition) is 0. The zero-order chi connectivity index (χ0) is 17.4. The Hall–Kier alpha value is -1.46. The highest BCUT2D eigenvalue weighted by Crippen LogP contribution is 2.43. The number of carbonyl (C=O) groups excluding carboxylic acids is 1. The van der Waals surface area contributed by atoms with Crippen LogP contribution in [-0.2, 0) is 9.53 Å². The SMILES string of the molecule is CN(C[C@@H]1CCC2(CCCC2)O1)[C@H]1CCN(c2ccccc2F)C1=O. The van der Waals surface area contributed by atoms with E-state index in [0.29, 0.717) is 12.2 Å². The normalized spacial score (nSPS) is 28.6. The number of ether oxygens (including phenoxy) is 1. The Balaban J connectivity index is 1.38. The minimum atomic E-state index is -0.332. The first kappa shape index (κ1) is 17.0. The van der Waals surface area contributed by atoms with Gasteiger partial charge in [-0.15, -0.1) is 0 Å². The Kier molecular flexibility index (Phi) is 4.54. The molecule has 4 rings (SSSR count). The Bertz CT molecular complexity index is 644. The maximum atomic E-state index is 14.0. The first-order chi connectivity index (χ1) is 12.1. The average molecular weight is 346 g/mol. The van der Waals surface area contributed by atoms with Gasteiger partial charge in [0.05, 0.1) is 23.4 Å². The summed E-state index contributed by atoms with van der Waals surface area (Å²) in [6.07, 6.45) is 8.14. The molecule has 4 nitrogen and oxygen atoms in total. The van der Waals surface area contributed by atoms with Crippen molar-refractivity contribution in [3.63, 3.8) is 0 Å².